The molecule has 0 radical (unpaired) electrons. The Morgan fingerprint density at radius 3 is 2.08 bits per heavy atom. The Morgan fingerprint density at radius 2 is 1.52 bits per heavy atom. The largest absolute Gasteiger partial charge is 0.468 e. The lowest BCUT2D eigenvalue weighted by Gasteiger charge is -2.24. The average Bonchev–Trinajstić information content (AvgIpc) is 2.59. The van der Waals surface area contributed by atoms with E-state index in [-0.39, 0.29) is 30.8 Å². The highest BCUT2D eigenvalue weighted by molar-refractivity contribution is 6.24. The van der Waals surface area contributed by atoms with Crippen LogP contribution in [0.3, 0.4) is 0 Å². The number of Topliss-reactive ketones (excluding diaryl/α,β-unsaturated/α-hetero) is 3. The lowest BCUT2D eigenvalue weighted by Crippen LogP contribution is -2.43. The van der Waals surface area contributed by atoms with E-state index in [9.17, 15) is 19.2 Å². The number of methoxy groups -OCH3 is 1. The number of esters is 1. The second kappa shape index (κ2) is 11.9. The summed E-state index contributed by atoms with van der Waals surface area (Å²) in [6.07, 6.45) is 10.7. The van der Waals surface area contributed by atoms with Crippen molar-refractivity contribution in [2.45, 2.75) is 84.0 Å². The van der Waals surface area contributed by atoms with E-state index in [0.717, 1.165) is 12.8 Å². The first-order valence-electron chi connectivity index (χ1n) is 9.69. The zero-order chi connectivity index (χ0) is 18.7. The molecule has 25 heavy (non-hydrogen) atoms. The van der Waals surface area contributed by atoms with Crippen molar-refractivity contribution in [2.75, 3.05) is 7.11 Å². The van der Waals surface area contributed by atoms with Crippen molar-refractivity contribution in [3.05, 3.63) is 0 Å². The molecule has 1 fully saturated rings. The molecule has 0 saturated heterocycles. The maximum absolute atomic E-state index is 12.3. The van der Waals surface area contributed by atoms with Crippen LogP contribution >= 0.6 is 0 Å². The maximum atomic E-state index is 12.3. The van der Waals surface area contributed by atoms with Crippen molar-refractivity contribution in [3.8, 4) is 0 Å². The summed E-state index contributed by atoms with van der Waals surface area (Å²) in [5, 5.41) is 0. The molecule has 0 N–H and O–H groups in total. The third kappa shape index (κ3) is 7.09. The van der Waals surface area contributed by atoms with Crippen LogP contribution in [-0.4, -0.2) is 30.4 Å². The van der Waals surface area contributed by atoms with Crippen LogP contribution in [0.1, 0.15) is 84.0 Å². The lowest BCUT2D eigenvalue weighted by atomic mass is 9.76. The van der Waals surface area contributed by atoms with Gasteiger partial charge in [-0.25, -0.2) is 0 Å². The van der Waals surface area contributed by atoms with Crippen molar-refractivity contribution in [1.29, 1.82) is 0 Å². The molecule has 1 saturated carbocycles. The highest BCUT2D eigenvalue weighted by Crippen LogP contribution is 2.26. The molecule has 0 amide bonds. The summed E-state index contributed by atoms with van der Waals surface area (Å²) in [6, 6.07) is 0. The van der Waals surface area contributed by atoms with Gasteiger partial charge in [-0.3, -0.25) is 19.2 Å². The van der Waals surface area contributed by atoms with Crippen LogP contribution in [0.4, 0.5) is 0 Å². The summed E-state index contributed by atoms with van der Waals surface area (Å²) in [6.45, 7) is 2.20. The standard InChI is InChI=1S/C20H32O5/c1-3-4-5-6-7-8-9-10-11-12-16(21)18-17(22)14-13-15(19(18)23)20(24)25-2/h15,18H,3-14H2,1-2H3/t15-,18-/m0/s1. The first-order valence-corrected chi connectivity index (χ1v) is 9.69. The fraction of sp³-hybridized carbons (Fsp3) is 0.800. The lowest BCUT2D eigenvalue weighted by molar-refractivity contribution is -0.154. The number of rotatable bonds is 12. The molecular formula is C20H32O5. The Balaban J connectivity index is 2.29. The van der Waals surface area contributed by atoms with Gasteiger partial charge in [0.25, 0.3) is 0 Å². The summed E-state index contributed by atoms with van der Waals surface area (Å²) in [5.74, 6) is -4.08. The normalized spacial score (nSPS) is 20.6. The number of hydrogen-bond acceptors (Lipinski definition) is 5. The van der Waals surface area contributed by atoms with Gasteiger partial charge in [0.1, 0.15) is 11.8 Å². The number of hydrogen-bond donors (Lipinski definition) is 0. The molecule has 5 nitrogen and oxygen atoms in total. The summed E-state index contributed by atoms with van der Waals surface area (Å²) in [4.78, 5) is 48.2. The molecule has 1 rings (SSSR count). The van der Waals surface area contributed by atoms with Crippen LogP contribution in [0.2, 0.25) is 0 Å². The number of ether oxygens (including phenoxy) is 1. The molecule has 0 unspecified atom stereocenters. The van der Waals surface area contributed by atoms with E-state index >= 15 is 0 Å². The minimum Gasteiger partial charge on any atom is -0.468 e. The van der Waals surface area contributed by atoms with E-state index in [1.165, 1.54) is 45.6 Å². The van der Waals surface area contributed by atoms with E-state index in [1.54, 1.807) is 0 Å². The quantitative estimate of drug-likeness (QED) is 0.303. The van der Waals surface area contributed by atoms with Crippen LogP contribution in [0.5, 0.6) is 0 Å². The van der Waals surface area contributed by atoms with Gasteiger partial charge in [-0.1, -0.05) is 58.3 Å². The van der Waals surface area contributed by atoms with E-state index in [4.69, 9.17) is 0 Å². The molecule has 0 bridgehead atoms. The fourth-order valence-corrected chi connectivity index (χ4v) is 3.40. The van der Waals surface area contributed by atoms with Crippen molar-refractivity contribution < 1.29 is 23.9 Å². The zero-order valence-corrected chi connectivity index (χ0v) is 15.7. The summed E-state index contributed by atoms with van der Waals surface area (Å²) < 4.78 is 4.60. The van der Waals surface area contributed by atoms with E-state index in [0.29, 0.717) is 6.42 Å². The highest BCUT2D eigenvalue weighted by atomic mass is 16.5. The van der Waals surface area contributed by atoms with Gasteiger partial charge >= 0.3 is 5.97 Å². The molecule has 0 spiro atoms. The minimum absolute atomic E-state index is 0.0969. The van der Waals surface area contributed by atoms with E-state index < -0.39 is 23.6 Å². The first kappa shape index (κ1) is 21.5. The second-order valence-corrected chi connectivity index (χ2v) is 6.96. The van der Waals surface area contributed by atoms with Gasteiger partial charge in [0.2, 0.25) is 0 Å². The zero-order valence-electron chi connectivity index (χ0n) is 15.7. The monoisotopic (exact) mass is 352 g/mol. The number of unbranched alkanes of at least 4 members (excludes halogenated alkanes) is 8. The van der Waals surface area contributed by atoms with Crippen molar-refractivity contribution in [3.63, 3.8) is 0 Å². The molecule has 0 heterocycles. The maximum Gasteiger partial charge on any atom is 0.316 e. The van der Waals surface area contributed by atoms with Crippen LogP contribution < -0.4 is 0 Å². The molecule has 5 heteroatoms. The Morgan fingerprint density at radius 1 is 0.960 bits per heavy atom. The Hall–Kier alpha value is -1.52. The molecule has 0 aromatic carbocycles. The third-order valence-electron chi connectivity index (χ3n) is 4.96. The van der Waals surface area contributed by atoms with E-state index in [1.807, 2.05) is 0 Å². The first-order chi connectivity index (χ1) is 12.0. The van der Waals surface area contributed by atoms with Crippen molar-refractivity contribution in [2.24, 2.45) is 11.8 Å². The van der Waals surface area contributed by atoms with Gasteiger partial charge in [0, 0.05) is 12.8 Å². The van der Waals surface area contributed by atoms with Crippen LogP contribution in [-0.2, 0) is 23.9 Å². The fourth-order valence-electron chi connectivity index (χ4n) is 3.40. The number of carbonyl (C=O) groups excluding carboxylic acids is 4. The average molecular weight is 352 g/mol. The summed E-state index contributed by atoms with van der Waals surface area (Å²) in [5.41, 5.74) is 0. The van der Waals surface area contributed by atoms with E-state index in [2.05, 4.69) is 11.7 Å². The van der Waals surface area contributed by atoms with Crippen molar-refractivity contribution in [1.82, 2.24) is 0 Å². The van der Waals surface area contributed by atoms with Crippen LogP contribution in [0.15, 0.2) is 0 Å². The predicted octanol–water partition coefficient (Wildman–Crippen LogP) is 3.81. The molecule has 2 atom stereocenters. The predicted molar refractivity (Wildman–Crippen MR) is 95.1 cm³/mol. The van der Waals surface area contributed by atoms with Crippen LogP contribution in [0.25, 0.3) is 0 Å². The minimum atomic E-state index is -1.24. The smallest absolute Gasteiger partial charge is 0.316 e. The van der Waals surface area contributed by atoms with Crippen LogP contribution in [0, 0.1) is 11.8 Å². The van der Waals surface area contributed by atoms with Gasteiger partial charge < -0.3 is 4.74 Å². The SMILES string of the molecule is CCCCCCCCCCCC(=O)[C@H]1C(=O)CC[C@H](C(=O)OC)C1=O. The molecule has 0 aromatic heterocycles. The summed E-state index contributed by atoms with van der Waals surface area (Å²) >= 11 is 0. The second-order valence-electron chi connectivity index (χ2n) is 6.96. The van der Waals surface area contributed by atoms with Gasteiger partial charge in [-0.2, -0.15) is 0 Å². The van der Waals surface area contributed by atoms with Crippen molar-refractivity contribution >= 4 is 23.3 Å². The van der Waals surface area contributed by atoms with Gasteiger partial charge in [-0.15, -0.1) is 0 Å². The Labute approximate surface area is 150 Å². The molecule has 142 valence electrons. The highest BCUT2D eigenvalue weighted by Gasteiger charge is 2.44. The molecular weight excluding hydrogens is 320 g/mol. The topological polar surface area (TPSA) is 77.5 Å². The number of carbonyl (C=O) groups is 4. The van der Waals surface area contributed by atoms with Gasteiger partial charge in [0.05, 0.1) is 7.11 Å². The molecule has 0 aliphatic heterocycles. The number of ketones is 3. The molecule has 0 aromatic rings. The molecule has 1 aliphatic carbocycles. The van der Waals surface area contributed by atoms with Gasteiger partial charge in [-0.05, 0) is 12.8 Å². The third-order valence-corrected chi connectivity index (χ3v) is 4.96. The van der Waals surface area contributed by atoms with Gasteiger partial charge in [0.15, 0.2) is 17.3 Å². The Kier molecular flexibility index (Phi) is 10.3. The molecule has 1 aliphatic rings. The Bertz CT molecular complexity index is 469. The summed E-state index contributed by atoms with van der Waals surface area (Å²) in [7, 11) is 1.21.